The number of carbonyl (C=O) groups is 4. The summed E-state index contributed by atoms with van der Waals surface area (Å²) in [6, 6.07) is 28.8. The second-order valence-electron chi connectivity index (χ2n) is 23.8. The van der Waals surface area contributed by atoms with Crippen LogP contribution >= 0.6 is 0 Å². The zero-order valence-corrected chi connectivity index (χ0v) is 57.8. The second kappa shape index (κ2) is 32.1. The number of anilines is 8. The zero-order valence-electron chi connectivity index (χ0n) is 57.8. The van der Waals surface area contributed by atoms with Crippen LogP contribution in [-0.4, -0.2) is 149 Å². The third-order valence-electron chi connectivity index (χ3n) is 16.8. The summed E-state index contributed by atoms with van der Waals surface area (Å²) in [5, 5.41) is 19.3. The van der Waals surface area contributed by atoms with Crippen molar-refractivity contribution in [2.75, 3.05) is 107 Å². The average molecular weight is 1460 g/mol. The van der Waals surface area contributed by atoms with E-state index in [0.29, 0.717) is 66.1 Å². The van der Waals surface area contributed by atoms with Crippen LogP contribution in [-0.2, 0) is 9.47 Å². The van der Waals surface area contributed by atoms with Crippen LogP contribution in [0.1, 0.15) is 58.5 Å². The number of nitrogens with zero attached hydrogens (tertiary/aromatic N) is 8. The summed E-state index contributed by atoms with van der Waals surface area (Å²) < 4.78 is 117. The first-order valence-corrected chi connectivity index (χ1v) is 32.9. The first-order chi connectivity index (χ1) is 51.2. The van der Waals surface area contributed by atoms with Gasteiger partial charge in [0.05, 0.1) is 43.0 Å². The molecular weight excluding hydrogens is 1390 g/mol. The van der Waals surface area contributed by atoms with Gasteiger partial charge in [0.2, 0.25) is 17.6 Å². The first kappa shape index (κ1) is 72.7. The normalized spacial score (nSPS) is 12.7. The predicted molar refractivity (Wildman–Crippen MR) is 384 cm³/mol. The molecule has 33 heteroatoms. The molecule has 0 saturated carbocycles. The van der Waals surface area contributed by atoms with E-state index in [1.54, 1.807) is 45.0 Å². The maximum atomic E-state index is 15.1. The van der Waals surface area contributed by atoms with E-state index in [1.165, 1.54) is 59.0 Å². The summed E-state index contributed by atoms with van der Waals surface area (Å²) in [6.45, 7) is 10.9. The lowest BCUT2D eigenvalue weighted by Crippen LogP contribution is -2.36. The highest BCUT2D eigenvalue weighted by molar-refractivity contribution is 6.03. The van der Waals surface area contributed by atoms with Crippen LogP contribution in [0.5, 0.6) is 34.9 Å². The number of ether oxygens (including phenoxy) is 5. The van der Waals surface area contributed by atoms with Gasteiger partial charge < -0.3 is 85.7 Å². The van der Waals surface area contributed by atoms with Crippen molar-refractivity contribution in [3.63, 3.8) is 0 Å². The highest BCUT2D eigenvalue weighted by Gasteiger charge is 2.28. The van der Waals surface area contributed by atoms with Crippen molar-refractivity contribution in [3.8, 4) is 34.9 Å². The Kier molecular flexibility index (Phi) is 22.0. The number of aryl methyl sites for hydroxylation is 3. The van der Waals surface area contributed by atoms with E-state index in [-0.39, 0.29) is 90.4 Å². The lowest BCUT2D eigenvalue weighted by molar-refractivity contribution is 0.0952. The lowest BCUT2D eigenvalue weighted by Gasteiger charge is -2.29. The van der Waals surface area contributed by atoms with Crippen LogP contribution in [0.15, 0.2) is 128 Å². The van der Waals surface area contributed by atoms with E-state index in [4.69, 9.17) is 23.7 Å². The third-order valence-corrected chi connectivity index (χ3v) is 16.8. The van der Waals surface area contributed by atoms with Crippen LogP contribution in [0.4, 0.5) is 72.2 Å². The predicted octanol–water partition coefficient (Wildman–Crippen LogP) is 12.4. The maximum Gasteiger partial charge on any atom is 0.260 e. The number of amides is 4. The lowest BCUT2D eigenvalue weighted by atomic mass is 10.2. The Balaban J connectivity index is 0.000000149. The molecule has 6 aromatic heterocycles. The molecule has 2 aliphatic heterocycles. The number of nitrogens with one attached hydrogen (secondary N) is 10. The van der Waals surface area contributed by atoms with Gasteiger partial charge in [-0.1, -0.05) is 6.07 Å². The van der Waals surface area contributed by atoms with Gasteiger partial charge in [-0.2, -0.15) is 0 Å². The van der Waals surface area contributed by atoms with Gasteiger partial charge in [-0.15, -0.1) is 0 Å². The fraction of sp³-hybridized carbons (Fsp3) is 0.205. The van der Waals surface area contributed by atoms with Crippen molar-refractivity contribution in [1.29, 1.82) is 0 Å². The van der Waals surface area contributed by atoms with Crippen LogP contribution in [0, 0.1) is 55.7 Å². The number of hydrogen-bond acceptors (Lipinski definition) is 20. The molecular formula is C73H68F6N18O9. The highest BCUT2D eigenvalue weighted by atomic mass is 19.1. The van der Waals surface area contributed by atoms with Crippen molar-refractivity contribution >= 4 is 102 Å². The topological polar surface area (TPSA) is 330 Å². The Hall–Kier alpha value is -13.0. The molecule has 0 radical (unpaired) electrons. The number of rotatable bonds is 18. The number of aromatic nitrogens is 9. The zero-order chi connectivity index (χ0) is 74.9. The Morgan fingerprint density at radius 2 is 0.745 bits per heavy atom. The van der Waals surface area contributed by atoms with Gasteiger partial charge in [0.25, 0.3) is 23.6 Å². The highest BCUT2D eigenvalue weighted by Crippen LogP contribution is 2.39. The summed E-state index contributed by atoms with van der Waals surface area (Å²) >= 11 is 0. The van der Waals surface area contributed by atoms with E-state index in [1.807, 2.05) is 48.5 Å². The summed E-state index contributed by atoms with van der Waals surface area (Å²) in [6.07, 6.45) is 3.48. The fourth-order valence-electron chi connectivity index (χ4n) is 11.6. The van der Waals surface area contributed by atoms with Gasteiger partial charge in [-0.25, -0.2) is 56.2 Å². The van der Waals surface area contributed by atoms with Gasteiger partial charge in [-0.05, 0) is 106 Å². The molecule has 6 aromatic carbocycles. The average Bonchev–Trinajstić information content (AvgIpc) is 1.54. The molecule has 546 valence electrons. The van der Waals surface area contributed by atoms with Crippen molar-refractivity contribution in [3.05, 3.63) is 202 Å². The Bertz CT molecular complexity index is 5280. The van der Waals surface area contributed by atoms with Gasteiger partial charge in [0.15, 0.2) is 69.6 Å². The molecule has 2 fully saturated rings. The van der Waals surface area contributed by atoms with Crippen LogP contribution in [0.3, 0.4) is 0 Å². The number of benzene rings is 6. The van der Waals surface area contributed by atoms with Crippen molar-refractivity contribution in [2.45, 2.75) is 20.8 Å². The van der Waals surface area contributed by atoms with E-state index in [2.05, 4.69) is 91.9 Å². The standard InChI is InChI=1S/2C25H24F2N6O3.C23H20F2N6O3/c1-14-11-17-21(27)19(12-18(26)22(17)31-14)36-25-20(24(34)28-2)23(29-13-30-25)32-15-3-5-16(6-4-15)33-7-9-35-10-8-33;1-14-10-17-21(27)19(12-18(26)22(17)31-14)36-25-20(24(34)28-2)23(29-13-30-25)32-15-4-3-5-16(11-15)33-6-8-35-9-7-33;1-11-8-14-18(25)16(9-15(24)19(14)30-11)34-23-17(22(33)27-3)20(28-10-29-23)31-13-6-4-12(5-7-13)21(32)26-2/h3-6,11-13,31H,7-10H2,1-2H3,(H,28,34)(H,29,30,32);3-5,10-13,31H,6-9H2,1-2H3,(H,28,34)(H,29,30,32);4-10,30H,1-3H3,(H,26,32)(H,27,33)(H,28,29,31). The summed E-state index contributed by atoms with van der Waals surface area (Å²) in [5.41, 5.74) is 5.97. The van der Waals surface area contributed by atoms with E-state index >= 15 is 13.2 Å². The number of morpholine rings is 2. The maximum absolute atomic E-state index is 15.1. The number of halogens is 6. The molecule has 0 atom stereocenters. The van der Waals surface area contributed by atoms with E-state index in [9.17, 15) is 32.3 Å². The number of carbonyl (C=O) groups excluding carboxylic acids is 4. The molecule has 2 aliphatic rings. The second-order valence-corrected chi connectivity index (χ2v) is 23.8. The minimum Gasteiger partial charge on any atom is -0.435 e. The number of H-pyrrole nitrogens is 3. The van der Waals surface area contributed by atoms with Gasteiger partial charge >= 0.3 is 0 Å². The molecule has 10 N–H and O–H groups in total. The van der Waals surface area contributed by atoms with Crippen LogP contribution < -0.4 is 61.2 Å². The number of aromatic amines is 3. The van der Waals surface area contributed by atoms with Crippen molar-refractivity contribution < 1.29 is 69.2 Å². The number of hydrogen-bond donors (Lipinski definition) is 10. The van der Waals surface area contributed by atoms with E-state index < -0.39 is 69.9 Å². The summed E-state index contributed by atoms with van der Waals surface area (Å²) in [4.78, 5) is 87.2. The van der Waals surface area contributed by atoms with Crippen molar-refractivity contribution in [1.82, 2.24) is 66.1 Å². The molecule has 0 bridgehead atoms. The number of fused-ring (bicyclic) bond motifs is 3. The molecule has 8 heterocycles. The third kappa shape index (κ3) is 15.9. The molecule has 4 amide bonds. The van der Waals surface area contributed by atoms with Gasteiger partial charge in [0, 0.05) is 140 Å². The molecule has 12 aromatic rings. The largest absolute Gasteiger partial charge is 0.435 e. The smallest absolute Gasteiger partial charge is 0.260 e. The molecule has 106 heavy (non-hydrogen) atoms. The quantitative estimate of drug-likeness (QED) is 0.0357. The minimum absolute atomic E-state index is 0.0117. The summed E-state index contributed by atoms with van der Waals surface area (Å²) in [7, 11) is 5.80. The fourth-order valence-corrected chi connectivity index (χ4v) is 11.6. The van der Waals surface area contributed by atoms with Crippen LogP contribution in [0.25, 0.3) is 32.7 Å². The molecule has 14 rings (SSSR count). The molecule has 0 aliphatic carbocycles. The minimum atomic E-state index is -0.804. The molecule has 0 spiro atoms. The molecule has 2 saturated heterocycles. The summed E-state index contributed by atoms with van der Waals surface area (Å²) in [5.74, 6) is -8.01. The molecule has 27 nitrogen and oxygen atoms in total. The Morgan fingerprint density at radius 1 is 0.406 bits per heavy atom. The molecule has 0 unspecified atom stereocenters. The van der Waals surface area contributed by atoms with Gasteiger partial charge in [0.1, 0.15) is 35.7 Å². The monoisotopic (exact) mass is 1450 g/mol. The van der Waals surface area contributed by atoms with Gasteiger partial charge in [-0.3, -0.25) is 19.2 Å². The Morgan fingerprint density at radius 3 is 1.10 bits per heavy atom. The van der Waals surface area contributed by atoms with Crippen molar-refractivity contribution in [2.24, 2.45) is 0 Å². The first-order valence-electron chi connectivity index (χ1n) is 32.9. The van der Waals surface area contributed by atoms with E-state index in [0.717, 1.165) is 62.1 Å². The Labute approximate surface area is 599 Å². The SMILES string of the molecule is CNC(=O)c1c(Nc2ccc(N3CCOCC3)cc2)ncnc1Oc1cc(F)c2[nH]c(C)cc2c1F.CNC(=O)c1c(Nc2cccc(N3CCOCC3)c2)ncnc1Oc1cc(F)c2[nH]c(C)cc2c1F.CNC(=O)c1ccc(Nc2ncnc(Oc3cc(F)c4[nH]c(C)cc4c3F)c2C(=O)NC)cc1. The van der Waals surface area contributed by atoms with Crippen LogP contribution in [0.2, 0.25) is 0 Å².